The van der Waals surface area contributed by atoms with Crippen molar-refractivity contribution in [1.82, 2.24) is 9.62 Å². The van der Waals surface area contributed by atoms with E-state index in [1.54, 1.807) is 12.1 Å². The Labute approximate surface area is 134 Å². The molecule has 7 heteroatoms. The Kier molecular flexibility index (Phi) is 5.43. The third-order valence-electron chi connectivity index (χ3n) is 3.85. The van der Waals surface area contributed by atoms with Gasteiger partial charge in [-0.25, -0.2) is 13.1 Å². The third-order valence-corrected chi connectivity index (χ3v) is 6.27. The molecule has 0 bridgehead atoms. The van der Waals surface area contributed by atoms with Crippen molar-refractivity contribution in [2.75, 3.05) is 13.6 Å². The van der Waals surface area contributed by atoms with Crippen LogP contribution in [-0.4, -0.2) is 44.1 Å². The molecule has 0 aromatic heterocycles. The monoisotopic (exact) mass is 376 g/mol. The van der Waals surface area contributed by atoms with Gasteiger partial charge in [-0.2, -0.15) is 0 Å². The number of halogens is 1. The number of sulfonamides is 1. The first-order valence-corrected chi connectivity index (χ1v) is 9.23. The Morgan fingerprint density at radius 1 is 1.48 bits per heavy atom. The van der Waals surface area contributed by atoms with Crippen molar-refractivity contribution < 1.29 is 13.5 Å². The highest BCUT2D eigenvalue weighted by atomic mass is 79.9. The minimum atomic E-state index is -3.59. The van der Waals surface area contributed by atoms with Gasteiger partial charge in [0.25, 0.3) is 0 Å². The predicted octanol–water partition coefficient (Wildman–Crippen LogP) is 1.70. The van der Waals surface area contributed by atoms with Gasteiger partial charge < -0.3 is 5.11 Å². The second-order valence-electron chi connectivity index (χ2n) is 5.52. The number of nitrogens with zero attached hydrogens (tertiary/aromatic N) is 1. The van der Waals surface area contributed by atoms with E-state index in [4.69, 9.17) is 5.11 Å². The normalized spacial score (nSPS) is 17.2. The van der Waals surface area contributed by atoms with Crippen LogP contribution < -0.4 is 4.72 Å². The molecule has 0 saturated heterocycles. The lowest BCUT2D eigenvalue weighted by Gasteiger charge is -2.24. The number of aliphatic hydroxyl groups is 1. The largest absolute Gasteiger partial charge is 0.392 e. The summed E-state index contributed by atoms with van der Waals surface area (Å²) in [6, 6.07) is 5.55. The van der Waals surface area contributed by atoms with E-state index >= 15 is 0 Å². The van der Waals surface area contributed by atoms with Gasteiger partial charge in [0.1, 0.15) is 0 Å². The van der Waals surface area contributed by atoms with Gasteiger partial charge in [-0.05, 0) is 60.4 Å². The van der Waals surface area contributed by atoms with Gasteiger partial charge >= 0.3 is 0 Å². The molecule has 118 valence electrons. The summed E-state index contributed by atoms with van der Waals surface area (Å²) in [4.78, 5) is 2.37. The zero-order valence-electron chi connectivity index (χ0n) is 12.2. The van der Waals surface area contributed by atoms with Crippen molar-refractivity contribution in [3.8, 4) is 0 Å². The fourth-order valence-corrected chi connectivity index (χ4v) is 4.28. The summed E-state index contributed by atoms with van der Waals surface area (Å²) in [5, 5.41) is 9.14. The van der Waals surface area contributed by atoms with Crippen LogP contribution in [0.5, 0.6) is 0 Å². The molecule has 1 fully saturated rings. The highest BCUT2D eigenvalue weighted by Crippen LogP contribution is 2.27. The van der Waals surface area contributed by atoms with Crippen LogP contribution in [0.1, 0.15) is 25.3 Å². The zero-order chi connectivity index (χ0) is 15.6. The standard InChI is InChI=1S/C14H21BrN2O3S/c1-10(17(2)12-4-5-12)8-16-21(19,20)14-7-11(9-18)3-6-13(14)15/h3,6-7,10,12,16,18H,4-5,8-9H2,1-2H3. The summed E-state index contributed by atoms with van der Waals surface area (Å²) in [5.74, 6) is 0. The van der Waals surface area contributed by atoms with E-state index in [0.717, 1.165) is 0 Å². The zero-order valence-corrected chi connectivity index (χ0v) is 14.6. The van der Waals surface area contributed by atoms with Gasteiger partial charge in [0.15, 0.2) is 0 Å². The topological polar surface area (TPSA) is 69.6 Å². The third kappa shape index (κ3) is 4.26. The molecule has 0 heterocycles. The van der Waals surface area contributed by atoms with E-state index in [1.165, 1.54) is 18.9 Å². The molecule has 1 atom stereocenters. The van der Waals surface area contributed by atoms with Gasteiger partial charge in [-0.3, -0.25) is 4.90 Å². The smallest absolute Gasteiger partial charge is 0.241 e. The van der Waals surface area contributed by atoms with Crippen molar-refractivity contribution in [3.05, 3.63) is 28.2 Å². The molecule has 2 N–H and O–H groups in total. The molecule has 0 spiro atoms. The molecule has 2 rings (SSSR count). The highest BCUT2D eigenvalue weighted by molar-refractivity contribution is 9.10. The first kappa shape index (κ1) is 16.9. The molecular weight excluding hydrogens is 356 g/mol. The molecular formula is C14H21BrN2O3S. The van der Waals surface area contributed by atoms with Crippen LogP contribution in [0.3, 0.4) is 0 Å². The second-order valence-corrected chi connectivity index (χ2v) is 8.11. The van der Waals surface area contributed by atoms with Crippen molar-refractivity contribution in [2.45, 2.75) is 43.4 Å². The second kappa shape index (κ2) is 6.75. The average Bonchev–Trinajstić information content (AvgIpc) is 3.29. The molecule has 1 saturated carbocycles. The van der Waals surface area contributed by atoms with Crippen molar-refractivity contribution in [3.63, 3.8) is 0 Å². The Hall–Kier alpha value is -0.470. The number of likely N-dealkylation sites (N-methyl/N-ethyl adjacent to an activating group) is 1. The molecule has 0 aliphatic heterocycles. The Bertz CT molecular complexity index is 602. The van der Waals surface area contributed by atoms with E-state index < -0.39 is 10.0 Å². The van der Waals surface area contributed by atoms with Gasteiger partial charge in [-0.15, -0.1) is 0 Å². The molecule has 0 amide bonds. The number of aliphatic hydroxyl groups excluding tert-OH is 1. The van der Waals surface area contributed by atoms with Gasteiger partial charge in [0.2, 0.25) is 10.0 Å². The molecule has 1 unspecified atom stereocenters. The average molecular weight is 377 g/mol. The number of hydrogen-bond acceptors (Lipinski definition) is 4. The quantitative estimate of drug-likeness (QED) is 0.759. The molecule has 21 heavy (non-hydrogen) atoms. The predicted molar refractivity (Wildman–Crippen MR) is 85.5 cm³/mol. The fraction of sp³-hybridized carbons (Fsp3) is 0.571. The number of rotatable bonds is 7. The van der Waals surface area contributed by atoms with Crippen LogP contribution in [0.15, 0.2) is 27.6 Å². The molecule has 1 aliphatic rings. The van der Waals surface area contributed by atoms with Gasteiger partial charge in [0.05, 0.1) is 11.5 Å². The lowest BCUT2D eigenvalue weighted by atomic mass is 10.2. The summed E-state index contributed by atoms with van der Waals surface area (Å²) >= 11 is 3.25. The number of nitrogens with one attached hydrogen (secondary N) is 1. The fourth-order valence-electron chi connectivity index (χ4n) is 2.15. The highest BCUT2D eigenvalue weighted by Gasteiger charge is 2.29. The van der Waals surface area contributed by atoms with Gasteiger partial charge in [0, 0.05) is 23.1 Å². The van der Waals surface area contributed by atoms with Crippen LogP contribution >= 0.6 is 15.9 Å². The molecule has 1 aliphatic carbocycles. The van der Waals surface area contributed by atoms with E-state index in [1.807, 2.05) is 14.0 Å². The van der Waals surface area contributed by atoms with Crippen molar-refractivity contribution in [2.24, 2.45) is 0 Å². The summed E-state index contributed by atoms with van der Waals surface area (Å²) in [5.41, 5.74) is 0.571. The van der Waals surface area contributed by atoms with Gasteiger partial charge in [-0.1, -0.05) is 6.07 Å². The maximum absolute atomic E-state index is 12.4. The van der Waals surface area contributed by atoms with Crippen molar-refractivity contribution in [1.29, 1.82) is 0 Å². The first-order chi connectivity index (χ1) is 9.85. The Morgan fingerprint density at radius 2 is 2.14 bits per heavy atom. The van der Waals surface area contributed by atoms with E-state index in [0.29, 0.717) is 22.6 Å². The lowest BCUT2D eigenvalue weighted by Crippen LogP contribution is -2.41. The molecule has 0 radical (unpaired) electrons. The molecule has 1 aromatic carbocycles. The summed E-state index contributed by atoms with van der Waals surface area (Å²) in [6.07, 6.45) is 2.38. The SMILES string of the molecule is CC(CNS(=O)(=O)c1cc(CO)ccc1Br)N(C)C1CC1. The Morgan fingerprint density at radius 3 is 2.71 bits per heavy atom. The summed E-state index contributed by atoms with van der Waals surface area (Å²) < 4.78 is 27.9. The van der Waals surface area contributed by atoms with Crippen LogP contribution in [0, 0.1) is 0 Å². The summed E-state index contributed by atoms with van der Waals surface area (Å²) in [6.45, 7) is 2.20. The van der Waals surface area contributed by atoms with Crippen molar-refractivity contribution >= 4 is 26.0 Å². The summed E-state index contributed by atoms with van der Waals surface area (Å²) in [7, 11) is -1.57. The molecule has 5 nitrogen and oxygen atoms in total. The minimum absolute atomic E-state index is 0.145. The number of benzene rings is 1. The van der Waals surface area contributed by atoms with Crippen LogP contribution in [0.2, 0.25) is 0 Å². The van der Waals surface area contributed by atoms with E-state index in [9.17, 15) is 8.42 Å². The van der Waals surface area contributed by atoms with E-state index in [2.05, 4.69) is 25.6 Å². The first-order valence-electron chi connectivity index (χ1n) is 6.96. The molecule has 1 aromatic rings. The lowest BCUT2D eigenvalue weighted by molar-refractivity contribution is 0.248. The van der Waals surface area contributed by atoms with Crippen LogP contribution in [0.25, 0.3) is 0 Å². The van der Waals surface area contributed by atoms with E-state index in [-0.39, 0.29) is 17.5 Å². The van der Waals surface area contributed by atoms with Crippen LogP contribution in [-0.2, 0) is 16.6 Å². The number of hydrogen-bond donors (Lipinski definition) is 2. The minimum Gasteiger partial charge on any atom is -0.392 e. The Balaban J connectivity index is 2.07. The van der Waals surface area contributed by atoms with Crippen LogP contribution in [0.4, 0.5) is 0 Å². The maximum atomic E-state index is 12.4. The maximum Gasteiger partial charge on any atom is 0.241 e.